The zero-order chi connectivity index (χ0) is 27.5. The fourth-order valence-electron chi connectivity index (χ4n) is 6.16. The van der Waals surface area contributed by atoms with Crippen LogP contribution < -0.4 is 9.80 Å². The van der Waals surface area contributed by atoms with Crippen molar-refractivity contribution < 1.29 is 14.4 Å². The van der Waals surface area contributed by atoms with E-state index in [0.717, 1.165) is 42.9 Å². The average molecular weight is 524 g/mol. The van der Waals surface area contributed by atoms with Crippen molar-refractivity contribution in [2.45, 2.75) is 64.5 Å². The Hall–Kier alpha value is -3.93. The van der Waals surface area contributed by atoms with Crippen LogP contribution in [-0.2, 0) is 9.59 Å². The molecule has 0 aliphatic carbocycles. The number of hydrogen-bond acceptors (Lipinski definition) is 3. The number of hydrogen-bond donors (Lipinski definition) is 0. The molecule has 2 heterocycles. The summed E-state index contributed by atoms with van der Waals surface area (Å²) in [6, 6.07) is 25.6. The summed E-state index contributed by atoms with van der Waals surface area (Å²) in [6.45, 7) is 7.15. The Balaban J connectivity index is 1.41. The predicted molar refractivity (Wildman–Crippen MR) is 155 cm³/mol. The molecule has 0 spiro atoms. The van der Waals surface area contributed by atoms with Gasteiger partial charge in [-0.3, -0.25) is 14.4 Å². The van der Waals surface area contributed by atoms with E-state index in [4.69, 9.17) is 0 Å². The van der Waals surface area contributed by atoms with Crippen molar-refractivity contribution in [1.29, 1.82) is 0 Å². The third-order valence-corrected chi connectivity index (χ3v) is 8.27. The second kappa shape index (κ2) is 11.4. The average Bonchev–Trinajstić information content (AvgIpc) is 2.97. The van der Waals surface area contributed by atoms with Gasteiger partial charge in [0.05, 0.1) is 6.04 Å². The lowest BCUT2D eigenvalue weighted by molar-refractivity contribution is -0.129. The molecule has 0 N–H and O–H groups in total. The van der Waals surface area contributed by atoms with E-state index in [1.165, 1.54) is 5.56 Å². The number of anilines is 2. The van der Waals surface area contributed by atoms with Crippen molar-refractivity contribution in [3.63, 3.8) is 0 Å². The minimum absolute atomic E-state index is 0.0283. The molecule has 1 fully saturated rings. The van der Waals surface area contributed by atoms with Crippen molar-refractivity contribution in [2.75, 3.05) is 22.9 Å². The zero-order valence-electron chi connectivity index (χ0n) is 23.0. The minimum atomic E-state index is -0.154. The summed E-state index contributed by atoms with van der Waals surface area (Å²) in [4.78, 5) is 44.5. The first-order valence-electron chi connectivity index (χ1n) is 14.0. The van der Waals surface area contributed by atoms with Gasteiger partial charge in [0, 0.05) is 49.4 Å². The maximum absolute atomic E-state index is 13.9. The fourth-order valence-corrected chi connectivity index (χ4v) is 6.16. The Labute approximate surface area is 231 Å². The lowest BCUT2D eigenvalue weighted by Gasteiger charge is -2.43. The summed E-state index contributed by atoms with van der Waals surface area (Å²) < 4.78 is 0. The van der Waals surface area contributed by atoms with E-state index in [2.05, 4.69) is 19.1 Å². The summed E-state index contributed by atoms with van der Waals surface area (Å²) in [5.74, 6) is 0.580. The summed E-state index contributed by atoms with van der Waals surface area (Å²) in [6.07, 6.45) is 2.94. The van der Waals surface area contributed by atoms with Crippen LogP contribution in [0, 0.1) is 0 Å². The van der Waals surface area contributed by atoms with E-state index < -0.39 is 0 Å². The summed E-state index contributed by atoms with van der Waals surface area (Å²) in [5.41, 5.74) is 4.60. The molecule has 0 radical (unpaired) electrons. The third kappa shape index (κ3) is 5.33. The number of para-hydroxylation sites is 2. The highest BCUT2D eigenvalue weighted by atomic mass is 16.2. The molecule has 3 aromatic rings. The molecule has 6 heteroatoms. The number of rotatable bonds is 5. The quantitative estimate of drug-likeness (QED) is 0.392. The van der Waals surface area contributed by atoms with Crippen LogP contribution in [0.2, 0.25) is 0 Å². The summed E-state index contributed by atoms with van der Waals surface area (Å²) in [7, 11) is 0. The molecule has 3 aromatic carbocycles. The molecule has 6 nitrogen and oxygen atoms in total. The number of likely N-dealkylation sites (tertiary alicyclic amines) is 1. The van der Waals surface area contributed by atoms with Gasteiger partial charge in [0.2, 0.25) is 11.8 Å². The first-order valence-corrected chi connectivity index (χ1v) is 14.0. The maximum Gasteiger partial charge on any atom is 0.258 e. The minimum Gasteiger partial charge on any atom is -0.343 e. The van der Waals surface area contributed by atoms with Crippen LogP contribution in [0.3, 0.4) is 0 Å². The Morgan fingerprint density at radius 2 is 1.51 bits per heavy atom. The summed E-state index contributed by atoms with van der Waals surface area (Å²) in [5, 5.41) is 0. The van der Waals surface area contributed by atoms with Crippen LogP contribution in [0.15, 0.2) is 78.9 Å². The standard InChI is InChI=1S/C33H37N3O3/c1-4-32(38)36(28-10-6-5-7-11-28)31-22-23(2)35(30-13-9-8-12-29(30)31)33(39)27-16-14-25(15-17-27)26-18-20-34(21-19-26)24(3)37/h5-17,23,26,31H,4,18-22H2,1-3H3/t23?,31-/m0/s1. The molecular weight excluding hydrogens is 486 g/mol. The van der Waals surface area contributed by atoms with Crippen molar-refractivity contribution in [3.05, 3.63) is 95.6 Å². The first kappa shape index (κ1) is 26.7. The molecule has 0 saturated carbocycles. The highest BCUT2D eigenvalue weighted by Gasteiger charge is 2.38. The molecule has 1 unspecified atom stereocenters. The van der Waals surface area contributed by atoms with Crippen LogP contribution in [0.1, 0.15) is 79.9 Å². The number of fused-ring (bicyclic) bond motifs is 1. The smallest absolute Gasteiger partial charge is 0.258 e. The highest BCUT2D eigenvalue weighted by Crippen LogP contribution is 2.43. The Morgan fingerprint density at radius 3 is 2.15 bits per heavy atom. The summed E-state index contributed by atoms with van der Waals surface area (Å²) >= 11 is 0. The third-order valence-electron chi connectivity index (χ3n) is 8.27. The Bertz CT molecular complexity index is 1330. The van der Waals surface area contributed by atoms with Crippen LogP contribution in [-0.4, -0.2) is 41.8 Å². The molecule has 0 bridgehead atoms. The second-order valence-electron chi connectivity index (χ2n) is 10.7. The van der Waals surface area contributed by atoms with E-state index in [-0.39, 0.29) is 29.8 Å². The molecule has 2 aliphatic heterocycles. The second-order valence-corrected chi connectivity index (χ2v) is 10.7. The van der Waals surface area contributed by atoms with Gasteiger partial charge in [-0.25, -0.2) is 0 Å². The maximum atomic E-state index is 13.9. The Kier molecular flexibility index (Phi) is 7.82. The molecule has 202 valence electrons. The van der Waals surface area contributed by atoms with Gasteiger partial charge in [0.15, 0.2) is 0 Å². The van der Waals surface area contributed by atoms with Crippen molar-refractivity contribution >= 4 is 29.1 Å². The van der Waals surface area contributed by atoms with Gasteiger partial charge in [-0.2, -0.15) is 0 Å². The molecule has 1 saturated heterocycles. The number of piperidine rings is 1. The van der Waals surface area contributed by atoms with Crippen LogP contribution in [0.4, 0.5) is 11.4 Å². The lowest BCUT2D eigenvalue weighted by atomic mass is 9.88. The van der Waals surface area contributed by atoms with Crippen LogP contribution in [0.25, 0.3) is 0 Å². The highest BCUT2D eigenvalue weighted by molar-refractivity contribution is 6.07. The van der Waals surface area contributed by atoms with Crippen LogP contribution in [0.5, 0.6) is 0 Å². The largest absolute Gasteiger partial charge is 0.343 e. The Morgan fingerprint density at radius 1 is 0.872 bits per heavy atom. The van der Waals surface area contributed by atoms with Gasteiger partial charge >= 0.3 is 0 Å². The van der Waals surface area contributed by atoms with Gasteiger partial charge in [0.1, 0.15) is 0 Å². The van der Waals surface area contributed by atoms with E-state index in [1.54, 1.807) is 6.92 Å². The fraction of sp³-hybridized carbons (Fsp3) is 0.364. The monoisotopic (exact) mass is 523 g/mol. The molecule has 2 aliphatic rings. The van der Waals surface area contributed by atoms with Gasteiger partial charge in [-0.1, -0.05) is 55.5 Å². The van der Waals surface area contributed by atoms with Crippen molar-refractivity contribution in [2.24, 2.45) is 0 Å². The molecule has 5 rings (SSSR count). The van der Waals surface area contributed by atoms with Crippen molar-refractivity contribution in [3.8, 4) is 0 Å². The topological polar surface area (TPSA) is 60.9 Å². The number of nitrogens with zero attached hydrogens (tertiary/aromatic N) is 3. The van der Waals surface area contributed by atoms with Gasteiger partial charge in [-0.05, 0) is 73.6 Å². The lowest BCUT2D eigenvalue weighted by Crippen LogP contribution is -2.47. The predicted octanol–water partition coefficient (Wildman–Crippen LogP) is 6.34. The van der Waals surface area contributed by atoms with E-state index >= 15 is 0 Å². The molecule has 2 atom stereocenters. The number of carbonyl (C=O) groups excluding carboxylic acids is 3. The van der Waals surface area contributed by atoms with Gasteiger partial charge in [0.25, 0.3) is 5.91 Å². The normalized spacial score (nSPS) is 19.4. The SMILES string of the molecule is CCC(=O)N(c1ccccc1)[C@H]1CC(C)N(C(=O)c2ccc(C3CCN(C(C)=O)CC3)cc2)c2ccccc21. The van der Waals surface area contributed by atoms with Gasteiger partial charge < -0.3 is 14.7 Å². The van der Waals surface area contributed by atoms with E-state index in [1.807, 2.05) is 88.4 Å². The number of benzene rings is 3. The number of amides is 3. The molecule has 0 aromatic heterocycles. The van der Waals surface area contributed by atoms with Crippen LogP contribution >= 0.6 is 0 Å². The van der Waals surface area contributed by atoms with Gasteiger partial charge in [-0.15, -0.1) is 0 Å². The van der Waals surface area contributed by atoms with E-state index in [0.29, 0.717) is 24.3 Å². The molecular formula is C33H37N3O3. The molecule has 3 amide bonds. The first-order chi connectivity index (χ1) is 18.9. The van der Waals surface area contributed by atoms with Crippen molar-refractivity contribution in [1.82, 2.24) is 4.90 Å². The molecule has 39 heavy (non-hydrogen) atoms. The van der Waals surface area contributed by atoms with E-state index in [9.17, 15) is 14.4 Å². The number of carbonyl (C=O) groups is 3. The zero-order valence-corrected chi connectivity index (χ0v) is 23.0.